The van der Waals surface area contributed by atoms with Gasteiger partial charge in [0.15, 0.2) is 0 Å². The first-order chi connectivity index (χ1) is 13.5. The van der Waals surface area contributed by atoms with Crippen molar-refractivity contribution in [1.29, 1.82) is 0 Å². The number of phenols is 1. The molecule has 2 aromatic carbocycles. The second kappa shape index (κ2) is 6.05. The molecule has 1 heterocycles. The average Bonchev–Trinajstić information content (AvgIpc) is 3.38. The summed E-state index contributed by atoms with van der Waals surface area (Å²) in [7, 11) is 0. The summed E-state index contributed by atoms with van der Waals surface area (Å²) in [5, 5.41) is 12.4. The Morgan fingerprint density at radius 3 is 2.14 bits per heavy atom. The van der Waals surface area contributed by atoms with Crippen LogP contribution in [0.1, 0.15) is 16.8 Å². The van der Waals surface area contributed by atoms with E-state index in [-0.39, 0.29) is 47.1 Å². The zero-order chi connectivity index (χ0) is 19.4. The van der Waals surface area contributed by atoms with Crippen molar-refractivity contribution < 1.29 is 19.5 Å². The summed E-state index contributed by atoms with van der Waals surface area (Å²) in [4.78, 5) is 39.4. The molecule has 6 heteroatoms. The number of imide groups is 1. The van der Waals surface area contributed by atoms with E-state index < -0.39 is 0 Å². The van der Waals surface area contributed by atoms with Crippen LogP contribution in [0.15, 0.2) is 60.7 Å². The van der Waals surface area contributed by atoms with E-state index >= 15 is 0 Å². The van der Waals surface area contributed by atoms with Crippen molar-refractivity contribution in [2.75, 3.05) is 10.2 Å². The molecule has 2 N–H and O–H groups in total. The fourth-order valence-corrected chi connectivity index (χ4v) is 4.69. The highest BCUT2D eigenvalue weighted by molar-refractivity contribution is 6.23. The van der Waals surface area contributed by atoms with Crippen LogP contribution in [0.3, 0.4) is 0 Å². The summed E-state index contributed by atoms with van der Waals surface area (Å²) in [6, 6.07) is 12.9. The van der Waals surface area contributed by atoms with Gasteiger partial charge in [-0.15, -0.1) is 0 Å². The molecule has 3 amide bonds. The topological polar surface area (TPSA) is 86.7 Å². The molecule has 1 saturated heterocycles. The maximum atomic E-state index is 12.8. The van der Waals surface area contributed by atoms with Crippen molar-refractivity contribution in [2.24, 2.45) is 23.7 Å². The van der Waals surface area contributed by atoms with Gasteiger partial charge in [0, 0.05) is 5.56 Å². The molecule has 2 fully saturated rings. The summed E-state index contributed by atoms with van der Waals surface area (Å²) in [5.41, 5.74) is 1.17. The second-order valence-corrected chi connectivity index (χ2v) is 7.53. The Hall–Kier alpha value is -3.41. The van der Waals surface area contributed by atoms with Crippen molar-refractivity contribution in [3.63, 3.8) is 0 Å². The fourth-order valence-electron chi connectivity index (χ4n) is 4.69. The van der Waals surface area contributed by atoms with E-state index in [1.807, 2.05) is 0 Å². The van der Waals surface area contributed by atoms with E-state index in [1.165, 1.54) is 11.0 Å². The van der Waals surface area contributed by atoms with E-state index in [2.05, 4.69) is 17.5 Å². The van der Waals surface area contributed by atoms with Gasteiger partial charge in [-0.05, 0) is 54.7 Å². The molecule has 4 unspecified atom stereocenters. The molecule has 1 aliphatic heterocycles. The molecule has 28 heavy (non-hydrogen) atoms. The highest BCUT2D eigenvalue weighted by Crippen LogP contribution is 2.53. The highest BCUT2D eigenvalue weighted by atomic mass is 16.3. The van der Waals surface area contributed by atoms with Gasteiger partial charge in [-0.1, -0.05) is 24.3 Å². The van der Waals surface area contributed by atoms with Gasteiger partial charge in [0.25, 0.3) is 5.91 Å². The van der Waals surface area contributed by atoms with E-state index in [1.54, 1.807) is 42.5 Å². The van der Waals surface area contributed by atoms with Crippen LogP contribution >= 0.6 is 0 Å². The van der Waals surface area contributed by atoms with Crippen LogP contribution in [0, 0.1) is 23.7 Å². The first kappa shape index (κ1) is 16.7. The van der Waals surface area contributed by atoms with Crippen LogP contribution in [0.2, 0.25) is 0 Å². The smallest absolute Gasteiger partial charge is 0.255 e. The third-order valence-corrected chi connectivity index (χ3v) is 6.01. The van der Waals surface area contributed by atoms with Gasteiger partial charge >= 0.3 is 0 Å². The number of benzene rings is 2. The van der Waals surface area contributed by atoms with Crippen molar-refractivity contribution in [1.82, 2.24) is 0 Å². The predicted molar refractivity (Wildman–Crippen MR) is 103 cm³/mol. The molecule has 4 atom stereocenters. The van der Waals surface area contributed by atoms with Crippen molar-refractivity contribution in [2.45, 2.75) is 6.42 Å². The second-order valence-electron chi connectivity index (χ2n) is 7.53. The van der Waals surface area contributed by atoms with Gasteiger partial charge in [0.05, 0.1) is 23.2 Å². The number of para-hydroxylation sites is 2. The standard InChI is InChI=1S/C22H18N2O4/c25-17-4-2-1-3-16(17)23-20(26)12-7-9-15(10-8-12)24-21(27)18-13-5-6-14(11-13)19(18)22(24)28/h1-10,13-14,18-19,25H,11H2,(H,23,26). The minimum absolute atomic E-state index is 0.0180. The number of aromatic hydroxyl groups is 1. The number of hydrogen-bond acceptors (Lipinski definition) is 4. The number of fused-ring (bicyclic) bond motifs is 5. The van der Waals surface area contributed by atoms with Crippen LogP contribution in [0.25, 0.3) is 0 Å². The molecule has 2 bridgehead atoms. The average molecular weight is 374 g/mol. The number of carbonyl (C=O) groups is 3. The van der Waals surface area contributed by atoms with Crippen LogP contribution in [0.4, 0.5) is 11.4 Å². The molecule has 5 rings (SSSR count). The van der Waals surface area contributed by atoms with Crippen LogP contribution in [0.5, 0.6) is 5.75 Å². The Morgan fingerprint density at radius 1 is 0.929 bits per heavy atom. The van der Waals surface area contributed by atoms with Gasteiger partial charge < -0.3 is 10.4 Å². The third-order valence-electron chi connectivity index (χ3n) is 6.01. The van der Waals surface area contributed by atoms with Crippen molar-refractivity contribution >= 4 is 29.1 Å². The largest absolute Gasteiger partial charge is 0.506 e. The maximum Gasteiger partial charge on any atom is 0.255 e. The normalized spacial score (nSPS) is 27.4. The Kier molecular flexibility index (Phi) is 3.62. The molecule has 0 aromatic heterocycles. The Balaban J connectivity index is 1.36. The Bertz CT molecular complexity index is 997. The van der Waals surface area contributed by atoms with Gasteiger partial charge in [-0.3, -0.25) is 19.3 Å². The number of anilines is 2. The molecular formula is C22H18N2O4. The van der Waals surface area contributed by atoms with Crippen LogP contribution in [-0.2, 0) is 9.59 Å². The molecule has 6 nitrogen and oxygen atoms in total. The quantitative estimate of drug-likeness (QED) is 0.491. The van der Waals surface area contributed by atoms with E-state index in [9.17, 15) is 19.5 Å². The number of allylic oxidation sites excluding steroid dienone is 2. The number of carbonyl (C=O) groups excluding carboxylic acids is 3. The molecule has 140 valence electrons. The van der Waals surface area contributed by atoms with Gasteiger partial charge in [-0.2, -0.15) is 0 Å². The Morgan fingerprint density at radius 2 is 1.54 bits per heavy atom. The van der Waals surface area contributed by atoms with Crippen molar-refractivity contribution in [3.8, 4) is 5.75 Å². The van der Waals surface area contributed by atoms with E-state index in [0.717, 1.165) is 6.42 Å². The molecule has 3 aliphatic rings. The molecule has 2 aromatic rings. The third kappa shape index (κ3) is 2.37. The highest BCUT2D eigenvalue weighted by Gasteiger charge is 2.59. The summed E-state index contributed by atoms with van der Waals surface area (Å²) in [6.07, 6.45) is 5.02. The van der Waals surface area contributed by atoms with Crippen LogP contribution < -0.4 is 10.2 Å². The van der Waals surface area contributed by atoms with Crippen LogP contribution in [-0.4, -0.2) is 22.8 Å². The lowest BCUT2D eigenvalue weighted by molar-refractivity contribution is -0.123. The zero-order valence-corrected chi connectivity index (χ0v) is 14.9. The molecule has 1 saturated carbocycles. The first-order valence-electron chi connectivity index (χ1n) is 9.30. The van der Waals surface area contributed by atoms with E-state index in [0.29, 0.717) is 16.9 Å². The molecule has 2 aliphatic carbocycles. The summed E-state index contributed by atoms with van der Waals surface area (Å²) in [5.74, 6) is -0.837. The Labute approximate surface area is 161 Å². The molecule has 0 radical (unpaired) electrons. The lowest BCUT2D eigenvalue weighted by Crippen LogP contribution is -2.32. The summed E-state index contributed by atoms with van der Waals surface area (Å²) >= 11 is 0. The number of nitrogens with zero attached hydrogens (tertiary/aromatic N) is 1. The zero-order valence-electron chi connectivity index (χ0n) is 14.9. The predicted octanol–water partition coefficient (Wildman–Crippen LogP) is 2.96. The maximum absolute atomic E-state index is 12.8. The SMILES string of the molecule is O=C(Nc1ccccc1O)c1ccc(N2C(=O)C3C4C=CC(C4)C3C2=O)cc1. The molecule has 0 spiro atoms. The van der Waals surface area contributed by atoms with Gasteiger partial charge in [0.1, 0.15) is 5.75 Å². The summed E-state index contributed by atoms with van der Waals surface area (Å²) in [6.45, 7) is 0. The number of hydrogen-bond donors (Lipinski definition) is 2. The number of nitrogens with one attached hydrogen (secondary N) is 1. The van der Waals surface area contributed by atoms with Crippen molar-refractivity contribution in [3.05, 3.63) is 66.2 Å². The fraction of sp³-hybridized carbons (Fsp3) is 0.227. The number of amides is 3. The minimum Gasteiger partial charge on any atom is -0.506 e. The van der Waals surface area contributed by atoms with Gasteiger partial charge in [-0.25, -0.2) is 0 Å². The molecular weight excluding hydrogens is 356 g/mol. The monoisotopic (exact) mass is 374 g/mol. The lowest BCUT2D eigenvalue weighted by Gasteiger charge is -2.17. The lowest BCUT2D eigenvalue weighted by atomic mass is 9.85. The van der Waals surface area contributed by atoms with E-state index in [4.69, 9.17) is 0 Å². The number of rotatable bonds is 3. The van der Waals surface area contributed by atoms with Gasteiger partial charge in [0.2, 0.25) is 11.8 Å². The summed E-state index contributed by atoms with van der Waals surface area (Å²) < 4.78 is 0. The first-order valence-corrected chi connectivity index (χ1v) is 9.30. The minimum atomic E-state index is -0.383. The number of phenolic OH excluding ortho intramolecular Hbond substituents is 1.